The second kappa shape index (κ2) is 51.3. The average Bonchev–Trinajstić information content (AvgIpc) is 3.38. The summed E-state index contributed by atoms with van der Waals surface area (Å²) in [6.45, 7) is 3.58. The summed E-state index contributed by atoms with van der Waals surface area (Å²) in [6, 6.07) is -0.831. The van der Waals surface area contributed by atoms with Crippen molar-refractivity contribution >= 4 is 5.91 Å². The van der Waals surface area contributed by atoms with Crippen LogP contribution < -0.4 is 5.32 Å². The van der Waals surface area contributed by atoms with Crippen molar-refractivity contribution in [3.63, 3.8) is 0 Å². The van der Waals surface area contributed by atoms with E-state index in [9.17, 15) is 30.3 Å². The van der Waals surface area contributed by atoms with Crippen molar-refractivity contribution in [2.75, 3.05) is 13.2 Å². The summed E-state index contributed by atoms with van der Waals surface area (Å²) in [4.78, 5) is 13.0. The zero-order chi connectivity index (χ0) is 52.2. The van der Waals surface area contributed by atoms with Crippen LogP contribution in [-0.4, -0.2) is 87.5 Å². The molecule has 72 heavy (non-hydrogen) atoms. The zero-order valence-electron chi connectivity index (χ0n) is 45.6. The molecule has 1 aliphatic rings. The molecule has 0 aromatic carbocycles. The van der Waals surface area contributed by atoms with E-state index < -0.39 is 49.5 Å². The van der Waals surface area contributed by atoms with Crippen LogP contribution in [0.1, 0.15) is 226 Å². The molecule has 0 spiro atoms. The summed E-state index contributed by atoms with van der Waals surface area (Å²) in [5, 5.41) is 54.3. The van der Waals surface area contributed by atoms with Gasteiger partial charge < -0.3 is 40.3 Å². The third-order valence-electron chi connectivity index (χ3n) is 13.1. The molecule has 0 saturated carbocycles. The number of hydrogen-bond donors (Lipinski definition) is 6. The number of aliphatic hydroxyl groups excluding tert-OH is 5. The fourth-order valence-corrected chi connectivity index (χ4v) is 8.47. The van der Waals surface area contributed by atoms with Gasteiger partial charge in [0.25, 0.3) is 0 Å². The maximum atomic E-state index is 13.0. The molecule has 1 heterocycles. The van der Waals surface area contributed by atoms with Crippen LogP contribution in [0.4, 0.5) is 0 Å². The van der Waals surface area contributed by atoms with Gasteiger partial charge in [-0.15, -0.1) is 0 Å². The van der Waals surface area contributed by atoms with Gasteiger partial charge in [0.1, 0.15) is 24.4 Å². The predicted octanol–water partition coefficient (Wildman–Crippen LogP) is 14.6. The largest absolute Gasteiger partial charge is 0.394 e. The molecule has 7 atom stereocenters. The Bertz CT molecular complexity index is 1490. The van der Waals surface area contributed by atoms with Crippen LogP contribution in [0, 0.1) is 0 Å². The third-order valence-corrected chi connectivity index (χ3v) is 13.1. The summed E-state index contributed by atoms with van der Waals surface area (Å²) in [5.41, 5.74) is 0. The molecule has 0 bridgehead atoms. The van der Waals surface area contributed by atoms with Gasteiger partial charge in [-0.1, -0.05) is 239 Å². The van der Waals surface area contributed by atoms with Crippen molar-refractivity contribution in [1.82, 2.24) is 5.32 Å². The number of allylic oxidation sites excluding steroid dienone is 17. The number of amides is 1. The number of nitrogens with one attached hydrogen (secondary N) is 1. The number of aliphatic hydroxyl groups is 5. The summed E-state index contributed by atoms with van der Waals surface area (Å²) < 4.78 is 11.2. The van der Waals surface area contributed by atoms with Crippen LogP contribution in [0.25, 0.3) is 0 Å². The number of hydrogen-bond acceptors (Lipinski definition) is 8. The van der Waals surface area contributed by atoms with Crippen LogP contribution in [0.15, 0.2) is 109 Å². The van der Waals surface area contributed by atoms with Crippen molar-refractivity contribution in [3.8, 4) is 0 Å². The topological polar surface area (TPSA) is 149 Å². The Morgan fingerprint density at radius 2 is 0.875 bits per heavy atom. The molecule has 1 aliphatic heterocycles. The van der Waals surface area contributed by atoms with E-state index >= 15 is 0 Å². The molecule has 0 aliphatic carbocycles. The SMILES string of the molecule is CC/C=C\C/C=C\C/C=C\C/C=C\C/C=C\C/C=C\CCCCCCCCCCCCCCCCCCCCC(=O)NC(COC1OC(CO)C(O)C(O)C1O)C(O)/C=C/CC/C=C/CC/C=C/CCCC. The lowest BCUT2D eigenvalue weighted by molar-refractivity contribution is -0.302. The van der Waals surface area contributed by atoms with Gasteiger partial charge >= 0.3 is 0 Å². The molecule has 1 saturated heterocycles. The van der Waals surface area contributed by atoms with E-state index in [1.54, 1.807) is 6.08 Å². The highest BCUT2D eigenvalue weighted by molar-refractivity contribution is 5.76. The molecule has 9 nitrogen and oxygen atoms in total. The first kappa shape index (κ1) is 66.9. The highest BCUT2D eigenvalue weighted by Gasteiger charge is 2.44. The molecular formula is C63H107NO8. The second-order valence-electron chi connectivity index (χ2n) is 19.7. The van der Waals surface area contributed by atoms with Crippen molar-refractivity contribution < 1.29 is 39.8 Å². The van der Waals surface area contributed by atoms with E-state index in [0.717, 1.165) is 89.9 Å². The van der Waals surface area contributed by atoms with Crippen LogP contribution in [0.2, 0.25) is 0 Å². The maximum Gasteiger partial charge on any atom is 0.220 e. The summed E-state index contributed by atoms with van der Waals surface area (Å²) in [5.74, 6) is -0.194. The number of ether oxygens (including phenoxy) is 2. The number of carbonyl (C=O) groups excluding carboxylic acids is 1. The predicted molar refractivity (Wildman–Crippen MR) is 304 cm³/mol. The minimum atomic E-state index is -1.58. The van der Waals surface area contributed by atoms with Gasteiger partial charge in [0.15, 0.2) is 6.29 Å². The fourth-order valence-electron chi connectivity index (χ4n) is 8.47. The van der Waals surface area contributed by atoms with Crippen LogP contribution in [-0.2, 0) is 14.3 Å². The Hall–Kier alpha value is -3.15. The van der Waals surface area contributed by atoms with Crippen LogP contribution >= 0.6 is 0 Å². The van der Waals surface area contributed by atoms with Gasteiger partial charge in [-0.3, -0.25) is 4.79 Å². The Kier molecular flexibility index (Phi) is 47.7. The number of unbranched alkanes of at least 4 members (excludes halogenated alkanes) is 22. The quantitative estimate of drug-likeness (QED) is 0.0261. The van der Waals surface area contributed by atoms with Gasteiger partial charge in [-0.05, 0) is 89.9 Å². The van der Waals surface area contributed by atoms with Gasteiger partial charge in [-0.2, -0.15) is 0 Å². The monoisotopic (exact) mass is 1010 g/mol. The highest BCUT2D eigenvalue weighted by Crippen LogP contribution is 2.23. The molecule has 0 radical (unpaired) electrons. The molecule has 1 fully saturated rings. The summed E-state index contributed by atoms with van der Waals surface area (Å²) in [6.07, 6.45) is 68.9. The van der Waals surface area contributed by atoms with Gasteiger partial charge in [0.2, 0.25) is 5.91 Å². The molecule has 6 N–H and O–H groups in total. The maximum absolute atomic E-state index is 13.0. The van der Waals surface area contributed by atoms with Crippen molar-refractivity contribution in [1.29, 1.82) is 0 Å². The fraction of sp³-hybridized carbons (Fsp3) is 0.698. The first-order valence-corrected chi connectivity index (χ1v) is 29.1. The molecule has 9 heteroatoms. The summed E-state index contributed by atoms with van der Waals surface area (Å²) >= 11 is 0. The molecule has 0 aromatic heterocycles. The second-order valence-corrected chi connectivity index (χ2v) is 19.7. The Balaban J connectivity index is 2.10. The van der Waals surface area contributed by atoms with E-state index in [-0.39, 0.29) is 12.5 Å². The average molecular weight is 1010 g/mol. The number of carbonyl (C=O) groups is 1. The Morgan fingerprint density at radius 1 is 0.486 bits per heavy atom. The molecule has 1 rings (SSSR count). The minimum Gasteiger partial charge on any atom is -0.394 e. The lowest BCUT2D eigenvalue weighted by atomic mass is 9.99. The van der Waals surface area contributed by atoms with Gasteiger partial charge in [0, 0.05) is 6.42 Å². The van der Waals surface area contributed by atoms with E-state index in [1.807, 2.05) is 6.08 Å². The van der Waals surface area contributed by atoms with E-state index in [1.165, 1.54) is 116 Å². The van der Waals surface area contributed by atoms with E-state index in [0.29, 0.717) is 6.42 Å². The summed E-state index contributed by atoms with van der Waals surface area (Å²) in [7, 11) is 0. The highest BCUT2D eigenvalue weighted by atomic mass is 16.7. The van der Waals surface area contributed by atoms with Gasteiger partial charge in [-0.25, -0.2) is 0 Å². The third kappa shape index (κ3) is 40.3. The van der Waals surface area contributed by atoms with E-state index in [2.05, 4.69) is 116 Å². The normalized spacial score (nSPS) is 20.0. The van der Waals surface area contributed by atoms with Crippen molar-refractivity contribution in [3.05, 3.63) is 109 Å². The molecule has 7 unspecified atom stereocenters. The molecule has 0 aromatic rings. The standard InChI is InChI=1S/C63H107NO8/c1-3-5-7-9-11-13-15-17-18-19-20-21-22-23-24-25-26-27-28-29-30-31-32-33-34-35-36-37-38-39-40-41-43-45-47-49-51-53-59(67)64-56(55-71-63-62(70)61(69)60(68)58(54-65)72-63)57(66)52-50-48-46-44-42-16-14-12-10-8-6-4-2/h5,7,10-13,17-18,20-21,23-24,26-27,42,44,50,52,56-58,60-63,65-66,68-70H,3-4,6,8-9,14-16,19,22,25,28-41,43,45-49,51,53-55H2,1-2H3,(H,64,67)/b7-5-,12-10+,13-11-,18-17-,21-20-,24-23-,27-26-,44-42+,52-50+. The lowest BCUT2D eigenvalue weighted by Crippen LogP contribution is -2.60. The van der Waals surface area contributed by atoms with Gasteiger partial charge in [0.05, 0.1) is 25.4 Å². The van der Waals surface area contributed by atoms with Crippen LogP contribution in [0.3, 0.4) is 0 Å². The first-order valence-electron chi connectivity index (χ1n) is 29.1. The van der Waals surface area contributed by atoms with Crippen molar-refractivity contribution in [2.24, 2.45) is 0 Å². The number of rotatable bonds is 48. The Morgan fingerprint density at radius 3 is 1.33 bits per heavy atom. The molecule has 412 valence electrons. The lowest BCUT2D eigenvalue weighted by Gasteiger charge is -2.40. The minimum absolute atomic E-state index is 0.194. The smallest absolute Gasteiger partial charge is 0.220 e. The first-order chi connectivity index (χ1) is 35.3. The Labute approximate surface area is 440 Å². The van der Waals surface area contributed by atoms with E-state index in [4.69, 9.17) is 9.47 Å². The van der Waals surface area contributed by atoms with Crippen molar-refractivity contribution in [2.45, 2.75) is 269 Å². The molecular weight excluding hydrogens is 899 g/mol. The molecule has 1 amide bonds. The zero-order valence-corrected chi connectivity index (χ0v) is 45.6. The van der Waals surface area contributed by atoms with Crippen LogP contribution in [0.5, 0.6) is 0 Å².